The highest BCUT2D eigenvalue weighted by Crippen LogP contribution is 2.36. The van der Waals surface area contributed by atoms with Gasteiger partial charge in [0.2, 0.25) is 5.91 Å². The molecule has 200 valence electrons. The second-order valence-electron chi connectivity index (χ2n) is 9.53. The van der Waals surface area contributed by atoms with Crippen molar-refractivity contribution in [3.63, 3.8) is 0 Å². The number of methoxy groups -OCH3 is 2. The monoisotopic (exact) mass is 524 g/mol. The van der Waals surface area contributed by atoms with Crippen molar-refractivity contribution < 1.29 is 18.7 Å². The van der Waals surface area contributed by atoms with Gasteiger partial charge in [0, 0.05) is 36.7 Å². The van der Waals surface area contributed by atoms with Crippen LogP contribution in [0.2, 0.25) is 0 Å². The van der Waals surface area contributed by atoms with E-state index in [0.717, 1.165) is 33.5 Å². The number of rotatable bonds is 10. The van der Waals surface area contributed by atoms with E-state index >= 15 is 0 Å². The molecule has 0 unspecified atom stereocenters. The summed E-state index contributed by atoms with van der Waals surface area (Å²) in [5, 5.41) is 5.24. The van der Waals surface area contributed by atoms with Crippen molar-refractivity contribution in [2.24, 2.45) is 0 Å². The van der Waals surface area contributed by atoms with Crippen LogP contribution < -0.4 is 9.47 Å². The number of ether oxygens (including phenoxy) is 2. The zero-order valence-electron chi connectivity index (χ0n) is 22.7. The summed E-state index contributed by atoms with van der Waals surface area (Å²) in [7, 11) is 3.27. The van der Waals surface area contributed by atoms with Crippen LogP contribution in [0.5, 0.6) is 11.5 Å². The Kier molecular flexibility index (Phi) is 7.63. The van der Waals surface area contributed by atoms with E-state index in [0.29, 0.717) is 48.8 Å². The number of fused-ring (bicyclic) bond motifs is 1. The van der Waals surface area contributed by atoms with Gasteiger partial charge in [-0.15, -0.1) is 0 Å². The second kappa shape index (κ2) is 11.4. The predicted octanol–water partition coefficient (Wildman–Crippen LogP) is 5.94. The summed E-state index contributed by atoms with van der Waals surface area (Å²) in [5.41, 5.74) is 5.40. The van der Waals surface area contributed by atoms with Crippen molar-refractivity contribution in [1.29, 1.82) is 0 Å². The first-order valence-corrected chi connectivity index (χ1v) is 12.9. The van der Waals surface area contributed by atoms with Crippen LogP contribution in [0.15, 0.2) is 77.5 Å². The maximum Gasteiger partial charge on any atom is 0.225 e. The van der Waals surface area contributed by atoms with E-state index in [-0.39, 0.29) is 5.91 Å². The first-order valence-electron chi connectivity index (χ1n) is 12.9. The number of amides is 1. The van der Waals surface area contributed by atoms with Crippen LogP contribution in [0.25, 0.3) is 22.2 Å². The minimum absolute atomic E-state index is 0.00699. The van der Waals surface area contributed by atoms with Gasteiger partial charge in [0.25, 0.3) is 0 Å². The molecule has 0 bridgehead atoms. The Morgan fingerprint density at radius 2 is 1.79 bits per heavy atom. The molecule has 0 aliphatic rings. The van der Waals surface area contributed by atoms with Gasteiger partial charge in [-0.1, -0.05) is 23.8 Å². The standard InChI is InChI=1S/C31H32N4O4/c1-21-7-5-8-23(17-21)30-24(18-26-27(37-3)10-11-28(38-4)31(26)32-30)19-34(20-25-9-6-16-39-25)29(36)13-15-35-14-12-22(2)33-35/h5-12,14,16-18H,13,15,19-20H2,1-4H3. The molecule has 0 N–H and O–H groups in total. The molecule has 0 aliphatic carbocycles. The number of aryl methyl sites for hydroxylation is 3. The quantitative estimate of drug-likeness (QED) is 0.225. The lowest BCUT2D eigenvalue weighted by Gasteiger charge is -2.24. The molecule has 3 aromatic heterocycles. The molecule has 5 aromatic rings. The smallest absolute Gasteiger partial charge is 0.225 e. The van der Waals surface area contributed by atoms with Gasteiger partial charge in [-0.3, -0.25) is 9.48 Å². The lowest BCUT2D eigenvalue weighted by molar-refractivity contribution is -0.133. The molecule has 0 aliphatic heterocycles. The molecule has 39 heavy (non-hydrogen) atoms. The fourth-order valence-corrected chi connectivity index (χ4v) is 4.74. The van der Waals surface area contributed by atoms with Gasteiger partial charge in [0.05, 0.1) is 38.4 Å². The van der Waals surface area contributed by atoms with Gasteiger partial charge in [-0.25, -0.2) is 4.98 Å². The van der Waals surface area contributed by atoms with Gasteiger partial charge in [0.15, 0.2) is 0 Å². The SMILES string of the molecule is COc1ccc(OC)c2nc(-c3cccc(C)c3)c(CN(Cc3ccco3)C(=O)CCn3ccc(C)n3)cc12. The molecular formula is C31H32N4O4. The predicted molar refractivity (Wildman–Crippen MR) is 150 cm³/mol. The van der Waals surface area contributed by atoms with Gasteiger partial charge < -0.3 is 18.8 Å². The first-order chi connectivity index (χ1) is 18.9. The molecule has 1 amide bonds. The van der Waals surface area contributed by atoms with Crippen molar-refractivity contribution in [3.05, 3.63) is 95.7 Å². The summed E-state index contributed by atoms with van der Waals surface area (Å²) < 4.78 is 18.7. The highest BCUT2D eigenvalue weighted by molar-refractivity contribution is 5.93. The zero-order valence-corrected chi connectivity index (χ0v) is 22.7. The molecule has 2 aromatic carbocycles. The summed E-state index contributed by atoms with van der Waals surface area (Å²) in [6.45, 7) is 5.16. The van der Waals surface area contributed by atoms with Crippen molar-refractivity contribution in [2.75, 3.05) is 14.2 Å². The van der Waals surface area contributed by atoms with Crippen LogP contribution in [0, 0.1) is 13.8 Å². The second-order valence-corrected chi connectivity index (χ2v) is 9.53. The number of nitrogens with zero attached hydrogens (tertiary/aromatic N) is 4. The van der Waals surface area contributed by atoms with E-state index < -0.39 is 0 Å². The van der Waals surface area contributed by atoms with Crippen molar-refractivity contribution in [3.8, 4) is 22.8 Å². The average Bonchev–Trinajstić information content (AvgIpc) is 3.61. The van der Waals surface area contributed by atoms with Crippen LogP contribution in [0.3, 0.4) is 0 Å². The average molecular weight is 525 g/mol. The minimum Gasteiger partial charge on any atom is -0.496 e. The number of furan rings is 1. The Morgan fingerprint density at radius 1 is 0.974 bits per heavy atom. The van der Waals surface area contributed by atoms with E-state index in [1.807, 2.05) is 60.5 Å². The molecule has 0 radical (unpaired) electrons. The largest absolute Gasteiger partial charge is 0.496 e. The molecule has 0 saturated carbocycles. The topological polar surface area (TPSA) is 82.6 Å². The third kappa shape index (κ3) is 5.80. The van der Waals surface area contributed by atoms with Gasteiger partial charge >= 0.3 is 0 Å². The fourth-order valence-electron chi connectivity index (χ4n) is 4.74. The zero-order chi connectivity index (χ0) is 27.4. The highest BCUT2D eigenvalue weighted by Gasteiger charge is 2.21. The molecule has 0 spiro atoms. The summed E-state index contributed by atoms with van der Waals surface area (Å²) in [6, 6.07) is 19.6. The van der Waals surface area contributed by atoms with Gasteiger partial charge in [-0.2, -0.15) is 5.10 Å². The number of hydrogen-bond donors (Lipinski definition) is 0. The normalized spacial score (nSPS) is 11.1. The van der Waals surface area contributed by atoms with Gasteiger partial charge in [0.1, 0.15) is 22.8 Å². The number of benzene rings is 2. The van der Waals surface area contributed by atoms with E-state index in [1.165, 1.54) is 0 Å². The Morgan fingerprint density at radius 3 is 2.49 bits per heavy atom. The number of pyridine rings is 1. The lowest BCUT2D eigenvalue weighted by Crippen LogP contribution is -2.31. The molecule has 0 saturated heterocycles. The molecular weight excluding hydrogens is 492 g/mol. The number of hydrogen-bond acceptors (Lipinski definition) is 6. The number of carbonyl (C=O) groups is 1. The molecule has 0 atom stereocenters. The molecule has 8 nitrogen and oxygen atoms in total. The Bertz CT molecular complexity index is 1590. The summed E-state index contributed by atoms with van der Waals surface area (Å²) in [5.74, 6) is 2.05. The van der Waals surface area contributed by atoms with Crippen LogP contribution in [0.1, 0.15) is 29.0 Å². The Labute approximate surface area is 227 Å². The molecule has 8 heteroatoms. The van der Waals surface area contributed by atoms with Crippen LogP contribution in [0.4, 0.5) is 0 Å². The Balaban J connectivity index is 1.58. The summed E-state index contributed by atoms with van der Waals surface area (Å²) in [6.07, 6.45) is 3.82. The van der Waals surface area contributed by atoms with Crippen molar-refractivity contribution in [2.45, 2.75) is 39.9 Å². The number of carbonyl (C=O) groups excluding carboxylic acids is 1. The van der Waals surface area contributed by atoms with E-state index in [9.17, 15) is 4.79 Å². The first kappa shape index (κ1) is 26.0. The van der Waals surface area contributed by atoms with Crippen LogP contribution in [-0.4, -0.2) is 39.8 Å². The van der Waals surface area contributed by atoms with Gasteiger partial charge in [-0.05, 0) is 61.9 Å². The lowest BCUT2D eigenvalue weighted by atomic mass is 10.0. The minimum atomic E-state index is -0.00699. The molecule has 3 heterocycles. The third-order valence-corrected chi connectivity index (χ3v) is 6.69. The van der Waals surface area contributed by atoms with E-state index in [4.69, 9.17) is 18.9 Å². The summed E-state index contributed by atoms with van der Waals surface area (Å²) >= 11 is 0. The maximum atomic E-state index is 13.6. The van der Waals surface area contributed by atoms with Crippen LogP contribution in [-0.2, 0) is 24.4 Å². The number of aromatic nitrogens is 3. The fraction of sp³-hybridized carbons (Fsp3) is 0.258. The molecule has 0 fully saturated rings. The van der Waals surface area contributed by atoms with E-state index in [2.05, 4.69) is 30.2 Å². The Hall–Kier alpha value is -4.59. The highest BCUT2D eigenvalue weighted by atomic mass is 16.5. The van der Waals surface area contributed by atoms with Crippen molar-refractivity contribution in [1.82, 2.24) is 19.7 Å². The van der Waals surface area contributed by atoms with Crippen LogP contribution >= 0.6 is 0 Å². The van der Waals surface area contributed by atoms with E-state index in [1.54, 1.807) is 25.2 Å². The maximum absolute atomic E-state index is 13.6. The third-order valence-electron chi connectivity index (χ3n) is 6.69. The summed E-state index contributed by atoms with van der Waals surface area (Å²) in [4.78, 5) is 20.5. The van der Waals surface area contributed by atoms with Crippen molar-refractivity contribution >= 4 is 16.8 Å². The molecule has 5 rings (SSSR count).